The first kappa shape index (κ1) is 20.7. The molecule has 2 atom stereocenters. The molecule has 0 aliphatic carbocycles. The Labute approximate surface area is 183 Å². The molecule has 0 saturated carbocycles. The Bertz CT molecular complexity index is 1030. The first-order valence-corrected chi connectivity index (χ1v) is 10.6. The molecule has 30 heavy (non-hydrogen) atoms. The molecule has 9 heteroatoms. The van der Waals surface area contributed by atoms with Crippen molar-refractivity contribution < 1.29 is 19.1 Å². The lowest BCUT2D eigenvalue weighted by Crippen LogP contribution is -2.60. The number of thioether (sulfide) groups is 1. The summed E-state index contributed by atoms with van der Waals surface area (Å²) in [6.07, 6.45) is 4.98. The van der Waals surface area contributed by atoms with Crippen molar-refractivity contribution in [3.63, 3.8) is 0 Å². The number of halogens is 1. The number of amides is 3. The number of ether oxygens (including phenoxy) is 2. The minimum absolute atomic E-state index is 0.289. The molecule has 2 unspecified atom stereocenters. The molecular weight excluding hydrogens is 426 g/mol. The minimum Gasteiger partial charge on any atom is -0.489 e. The molecular formula is C21H20ClN3O4S. The van der Waals surface area contributed by atoms with E-state index in [0.717, 1.165) is 20.9 Å². The van der Waals surface area contributed by atoms with Gasteiger partial charge in [-0.25, -0.2) is 9.69 Å². The molecule has 2 aliphatic rings. The molecule has 4 rings (SSSR count). The maximum absolute atomic E-state index is 13.3. The van der Waals surface area contributed by atoms with E-state index < -0.39 is 17.3 Å². The number of urea groups is 1. The summed E-state index contributed by atoms with van der Waals surface area (Å²) in [5.74, 6) is 0.113. The highest BCUT2D eigenvalue weighted by molar-refractivity contribution is 8.09. The van der Waals surface area contributed by atoms with E-state index in [0.29, 0.717) is 23.1 Å². The van der Waals surface area contributed by atoms with E-state index in [1.165, 1.54) is 18.0 Å². The molecule has 1 aromatic heterocycles. The van der Waals surface area contributed by atoms with Gasteiger partial charge in [0, 0.05) is 34.4 Å². The second-order valence-electron chi connectivity index (χ2n) is 6.84. The number of pyridine rings is 1. The van der Waals surface area contributed by atoms with E-state index in [1.807, 2.05) is 31.2 Å². The van der Waals surface area contributed by atoms with Gasteiger partial charge in [-0.15, -0.1) is 11.8 Å². The lowest BCUT2D eigenvalue weighted by Gasteiger charge is -2.33. The van der Waals surface area contributed by atoms with Crippen LogP contribution in [0, 0.1) is 6.92 Å². The molecule has 1 N–H and O–H groups in total. The normalized spacial score (nSPS) is 20.6. The summed E-state index contributed by atoms with van der Waals surface area (Å²) in [5, 5.41) is 3.01. The molecule has 3 heterocycles. The van der Waals surface area contributed by atoms with Crippen molar-refractivity contribution in [2.75, 3.05) is 25.2 Å². The summed E-state index contributed by atoms with van der Waals surface area (Å²) in [4.78, 5) is 32.3. The van der Waals surface area contributed by atoms with Gasteiger partial charge in [-0.1, -0.05) is 29.8 Å². The SMILES string of the molecule is COCCOc1c(C)cncc1N1C(=O)NC2C=C(c3ccccc3Cl)SC2C1=O. The van der Waals surface area contributed by atoms with Gasteiger partial charge < -0.3 is 14.8 Å². The molecule has 2 aromatic rings. The van der Waals surface area contributed by atoms with E-state index >= 15 is 0 Å². The van der Waals surface area contributed by atoms with Crippen LogP contribution >= 0.6 is 23.4 Å². The van der Waals surface area contributed by atoms with Crippen molar-refractivity contribution in [1.82, 2.24) is 10.3 Å². The van der Waals surface area contributed by atoms with E-state index in [4.69, 9.17) is 21.1 Å². The van der Waals surface area contributed by atoms with E-state index in [2.05, 4.69) is 10.3 Å². The molecule has 1 aromatic carbocycles. The number of carbonyl (C=O) groups is 2. The van der Waals surface area contributed by atoms with Gasteiger partial charge in [0.25, 0.3) is 5.91 Å². The monoisotopic (exact) mass is 445 g/mol. The summed E-state index contributed by atoms with van der Waals surface area (Å²) in [7, 11) is 1.58. The van der Waals surface area contributed by atoms with Crippen LogP contribution in [0.4, 0.5) is 10.5 Å². The lowest BCUT2D eigenvalue weighted by molar-refractivity contribution is -0.118. The number of nitrogens with zero attached hydrogens (tertiary/aromatic N) is 2. The fourth-order valence-corrected chi connectivity index (χ4v) is 5.01. The third-order valence-corrected chi connectivity index (χ3v) is 6.53. The predicted molar refractivity (Wildman–Crippen MR) is 117 cm³/mol. The average molecular weight is 446 g/mol. The number of aromatic nitrogens is 1. The summed E-state index contributed by atoms with van der Waals surface area (Å²) in [6, 6.07) is 6.52. The number of rotatable bonds is 6. The second kappa shape index (κ2) is 8.67. The Kier molecular flexibility index (Phi) is 5.99. The fraction of sp³-hybridized carbons (Fsp3) is 0.286. The van der Waals surface area contributed by atoms with Crippen LogP contribution in [0.15, 0.2) is 42.7 Å². The molecule has 0 bridgehead atoms. The van der Waals surface area contributed by atoms with Gasteiger partial charge in [-0.3, -0.25) is 9.78 Å². The number of imide groups is 1. The lowest BCUT2D eigenvalue weighted by atomic mass is 10.1. The van der Waals surface area contributed by atoms with E-state index in [1.54, 1.807) is 19.4 Å². The van der Waals surface area contributed by atoms with Gasteiger partial charge in [0.2, 0.25) is 0 Å². The summed E-state index contributed by atoms with van der Waals surface area (Å²) in [5.41, 5.74) is 1.88. The zero-order valence-electron chi connectivity index (χ0n) is 16.4. The Balaban J connectivity index is 1.63. The fourth-order valence-electron chi connectivity index (χ4n) is 3.41. The van der Waals surface area contributed by atoms with Crippen molar-refractivity contribution in [2.24, 2.45) is 0 Å². The maximum atomic E-state index is 13.3. The molecule has 7 nitrogen and oxygen atoms in total. The van der Waals surface area contributed by atoms with Crippen molar-refractivity contribution in [1.29, 1.82) is 0 Å². The van der Waals surface area contributed by atoms with Crippen molar-refractivity contribution in [3.8, 4) is 5.75 Å². The van der Waals surface area contributed by atoms with Gasteiger partial charge in [0.15, 0.2) is 0 Å². The zero-order chi connectivity index (χ0) is 21.3. The topological polar surface area (TPSA) is 80.8 Å². The van der Waals surface area contributed by atoms with Gasteiger partial charge in [-0.2, -0.15) is 0 Å². The van der Waals surface area contributed by atoms with Gasteiger partial charge >= 0.3 is 6.03 Å². The van der Waals surface area contributed by atoms with Crippen molar-refractivity contribution in [3.05, 3.63) is 58.9 Å². The standard InChI is InChI=1S/C21H20ClN3O4S/c1-12-10-23-11-16(18(12)29-8-7-28-2)25-20(26)19-15(24-21(25)27)9-17(30-19)13-5-3-4-6-14(13)22/h3-6,9-11,15,19H,7-8H2,1-2H3,(H,24,27). The highest BCUT2D eigenvalue weighted by Gasteiger charge is 2.46. The Hall–Kier alpha value is -2.55. The highest BCUT2D eigenvalue weighted by Crippen LogP contribution is 2.45. The average Bonchev–Trinajstić information content (AvgIpc) is 3.14. The number of carbonyl (C=O) groups excluding carboxylic acids is 2. The Morgan fingerprint density at radius 2 is 2.03 bits per heavy atom. The number of benzene rings is 1. The van der Waals surface area contributed by atoms with Gasteiger partial charge in [-0.05, 0) is 19.1 Å². The van der Waals surface area contributed by atoms with Crippen LogP contribution in [0.5, 0.6) is 5.75 Å². The van der Waals surface area contributed by atoms with Crippen LogP contribution in [-0.4, -0.2) is 48.5 Å². The van der Waals surface area contributed by atoms with Crippen LogP contribution in [0.1, 0.15) is 11.1 Å². The molecule has 0 radical (unpaired) electrons. The number of methoxy groups -OCH3 is 1. The Morgan fingerprint density at radius 3 is 2.80 bits per heavy atom. The summed E-state index contributed by atoms with van der Waals surface area (Å²) < 4.78 is 10.8. The molecule has 3 amide bonds. The van der Waals surface area contributed by atoms with Crippen LogP contribution in [0.3, 0.4) is 0 Å². The number of hydrogen-bond donors (Lipinski definition) is 1. The Morgan fingerprint density at radius 1 is 1.23 bits per heavy atom. The zero-order valence-corrected chi connectivity index (χ0v) is 18.0. The first-order valence-electron chi connectivity index (χ1n) is 9.35. The van der Waals surface area contributed by atoms with Crippen LogP contribution in [0.2, 0.25) is 5.02 Å². The molecule has 1 saturated heterocycles. The smallest absolute Gasteiger partial charge is 0.329 e. The number of anilines is 1. The van der Waals surface area contributed by atoms with Crippen LogP contribution in [-0.2, 0) is 9.53 Å². The quantitative estimate of drug-likeness (QED) is 0.683. The maximum Gasteiger partial charge on any atom is 0.329 e. The molecule has 2 aliphatic heterocycles. The first-order chi connectivity index (χ1) is 14.5. The minimum atomic E-state index is -0.512. The van der Waals surface area contributed by atoms with Crippen LogP contribution in [0.25, 0.3) is 4.91 Å². The van der Waals surface area contributed by atoms with E-state index in [-0.39, 0.29) is 12.5 Å². The number of fused-ring (bicyclic) bond motifs is 1. The number of aryl methyl sites for hydroxylation is 1. The third kappa shape index (κ3) is 3.78. The molecule has 156 valence electrons. The second-order valence-corrected chi connectivity index (χ2v) is 8.43. The highest BCUT2D eigenvalue weighted by atomic mass is 35.5. The van der Waals surface area contributed by atoms with Gasteiger partial charge in [0.1, 0.15) is 23.3 Å². The summed E-state index contributed by atoms with van der Waals surface area (Å²) in [6.45, 7) is 2.49. The van der Waals surface area contributed by atoms with Crippen molar-refractivity contribution >= 4 is 45.9 Å². The van der Waals surface area contributed by atoms with Crippen LogP contribution < -0.4 is 15.0 Å². The van der Waals surface area contributed by atoms with Crippen molar-refractivity contribution in [2.45, 2.75) is 18.2 Å². The van der Waals surface area contributed by atoms with E-state index in [9.17, 15) is 9.59 Å². The summed E-state index contributed by atoms with van der Waals surface area (Å²) >= 11 is 7.71. The van der Waals surface area contributed by atoms with Gasteiger partial charge in [0.05, 0.1) is 18.8 Å². The number of nitrogens with one attached hydrogen (secondary N) is 1. The predicted octanol–water partition coefficient (Wildman–Crippen LogP) is 3.65. The third-order valence-electron chi connectivity index (χ3n) is 4.84. The largest absolute Gasteiger partial charge is 0.489 e. The molecule has 1 fully saturated rings. The number of hydrogen-bond acceptors (Lipinski definition) is 6. The molecule has 0 spiro atoms.